The number of thiophene rings is 1. The number of alkyl halides is 2. The summed E-state index contributed by atoms with van der Waals surface area (Å²) in [4.78, 5) is 1.79. The molecule has 0 saturated heterocycles. The molecule has 1 aromatic rings. The van der Waals surface area contributed by atoms with Crippen LogP contribution in [-0.2, 0) is 0 Å². The second kappa shape index (κ2) is 4.67. The highest BCUT2D eigenvalue weighted by Crippen LogP contribution is 2.27. The Morgan fingerprint density at radius 3 is 2.54 bits per heavy atom. The van der Waals surface area contributed by atoms with E-state index >= 15 is 0 Å². The predicted molar refractivity (Wildman–Crippen MR) is 51.5 cm³/mol. The summed E-state index contributed by atoms with van der Waals surface area (Å²) in [6, 6.07) is 2.83. The lowest BCUT2D eigenvalue weighted by atomic mass is 10.2. The van der Waals surface area contributed by atoms with E-state index in [1.54, 1.807) is 6.07 Å². The average molecular weight is 205 g/mol. The number of nitrogens with one attached hydrogen (secondary N) is 1. The minimum atomic E-state index is -2.34. The van der Waals surface area contributed by atoms with Crippen molar-refractivity contribution in [1.82, 2.24) is 5.32 Å². The smallest absolute Gasteiger partial charge is 0.258 e. The number of hydrogen-bond donors (Lipinski definition) is 1. The summed E-state index contributed by atoms with van der Waals surface area (Å²) in [6.45, 7) is 4.31. The van der Waals surface area contributed by atoms with Gasteiger partial charge in [-0.15, -0.1) is 11.3 Å². The van der Waals surface area contributed by atoms with Crippen LogP contribution in [0.4, 0.5) is 8.78 Å². The van der Waals surface area contributed by atoms with Crippen LogP contribution in [0.2, 0.25) is 0 Å². The highest BCUT2D eigenvalue weighted by atomic mass is 32.1. The van der Waals surface area contributed by atoms with Crippen molar-refractivity contribution in [3.63, 3.8) is 0 Å². The molecule has 0 radical (unpaired) electrons. The third-order valence-corrected chi connectivity index (χ3v) is 2.83. The third kappa shape index (κ3) is 2.74. The predicted octanol–water partition coefficient (Wildman–Crippen LogP) is 2.97. The summed E-state index contributed by atoms with van der Waals surface area (Å²) in [7, 11) is 0. The molecule has 0 bridgehead atoms. The van der Waals surface area contributed by atoms with Gasteiger partial charge >= 0.3 is 0 Å². The second-order valence-electron chi connectivity index (χ2n) is 2.82. The Morgan fingerprint density at radius 2 is 2.15 bits per heavy atom. The van der Waals surface area contributed by atoms with E-state index in [0.717, 1.165) is 4.88 Å². The minimum absolute atomic E-state index is 0.561. The van der Waals surface area contributed by atoms with E-state index < -0.39 is 12.5 Å². The molecule has 0 spiro atoms. The van der Waals surface area contributed by atoms with Crippen molar-refractivity contribution in [2.45, 2.75) is 26.3 Å². The number of halogens is 2. The topological polar surface area (TPSA) is 12.0 Å². The zero-order valence-corrected chi connectivity index (χ0v) is 8.50. The Bertz CT molecular complexity index is 260. The van der Waals surface area contributed by atoms with Gasteiger partial charge in [0.25, 0.3) is 6.43 Å². The Kier molecular flexibility index (Phi) is 3.81. The van der Waals surface area contributed by atoms with Gasteiger partial charge in [-0.25, -0.2) is 8.78 Å². The summed E-state index contributed by atoms with van der Waals surface area (Å²) in [6.07, 6.45) is -2.34. The van der Waals surface area contributed by atoms with Gasteiger partial charge in [-0.1, -0.05) is 6.92 Å². The van der Waals surface area contributed by atoms with Crippen LogP contribution in [0, 0.1) is 6.92 Å². The fourth-order valence-electron chi connectivity index (χ4n) is 1.15. The van der Waals surface area contributed by atoms with Gasteiger partial charge in [0, 0.05) is 9.75 Å². The highest BCUT2D eigenvalue weighted by molar-refractivity contribution is 7.12. The van der Waals surface area contributed by atoms with Crippen molar-refractivity contribution < 1.29 is 8.78 Å². The quantitative estimate of drug-likeness (QED) is 0.796. The summed E-state index contributed by atoms with van der Waals surface area (Å²) in [5, 5.41) is 2.77. The normalized spacial score (nSPS) is 13.6. The minimum Gasteiger partial charge on any atom is -0.305 e. The summed E-state index contributed by atoms with van der Waals surface area (Å²) in [5.41, 5.74) is 0. The molecular formula is C9H13F2NS. The molecule has 1 atom stereocenters. The molecule has 1 nitrogen and oxygen atoms in total. The summed E-state index contributed by atoms with van der Waals surface area (Å²) < 4.78 is 25.1. The second-order valence-corrected chi connectivity index (χ2v) is 4.14. The maximum Gasteiger partial charge on any atom is 0.258 e. The molecule has 0 amide bonds. The molecule has 0 aliphatic heterocycles. The zero-order chi connectivity index (χ0) is 9.84. The molecule has 0 saturated carbocycles. The lowest BCUT2D eigenvalue weighted by Gasteiger charge is -2.14. The van der Waals surface area contributed by atoms with E-state index in [2.05, 4.69) is 5.32 Å². The molecule has 0 aliphatic carbocycles. The first-order chi connectivity index (χ1) is 6.15. The first-order valence-electron chi connectivity index (χ1n) is 4.23. The lowest BCUT2D eigenvalue weighted by Crippen LogP contribution is -2.26. The van der Waals surface area contributed by atoms with Gasteiger partial charge in [-0.2, -0.15) is 0 Å². The molecule has 1 aromatic heterocycles. The van der Waals surface area contributed by atoms with Crippen molar-refractivity contribution in [2.75, 3.05) is 6.54 Å². The zero-order valence-electron chi connectivity index (χ0n) is 7.68. The van der Waals surface area contributed by atoms with Crippen molar-refractivity contribution in [1.29, 1.82) is 0 Å². The van der Waals surface area contributed by atoms with Crippen LogP contribution >= 0.6 is 11.3 Å². The molecule has 4 heteroatoms. The van der Waals surface area contributed by atoms with Crippen LogP contribution in [0.5, 0.6) is 0 Å². The number of rotatable bonds is 4. The Labute approximate surface area is 80.8 Å². The van der Waals surface area contributed by atoms with E-state index in [1.165, 1.54) is 11.3 Å². The molecule has 1 heterocycles. The first-order valence-corrected chi connectivity index (χ1v) is 5.04. The number of aryl methyl sites for hydroxylation is 1. The summed E-state index contributed by atoms with van der Waals surface area (Å²) in [5.74, 6) is 0. The standard InChI is InChI=1S/C9H13F2NS/c1-3-12-8(9(10)11)7-5-4-6(2)13-7/h4-5,8-9,12H,3H2,1-2H3. The Balaban J connectivity index is 2.75. The summed E-state index contributed by atoms with van der Waals surface area (Å²) >= 11 is 1.42. The van der Waals surface area contributed by atoms with Crippen LogP contribution in [0.25, 0.3) is 0 Å². The van der Waals surface area contributed by atoms with Gasteiger partial charge in [0.05, 0.1) is 0 Å². The monoisotopic (exact) mass is 205 g/mol. The van der Waals surface area contributed by atoms with Gasteiger partial charge in [0.15, 0.2) is 0 Å². The first kappa shape index (κ1) is 10.6. The van der Waals surface area contributed by atoms with Gasteiger partial charge in [-0.05, 0) is 25.6 Å². The molecule has 0 aliphatic rings. The fraction of sp³-hybridized carbons (Fsp3) is 0.556. The molecule has 1 N–H and O–H groups in total. The van der Waals surface area contributed by atoms with Crippen LogP contribution < -0.4 is 5.32 Å². The number of hydrogen-bond acceptors (Lipinski definition) is 2. The molecule has 1 unspecified atom stereocenters. The molecular weight excluding hydrogens is 192 g/mol. The molecule has 0 aromatic carbocycles. The van der Waals surface area contributed by atoms with Crippen LogP contribution in [0.15, 0.2) is 12.1 Å². The molecule has 13 heavy (non-hydrogen) atoms. The van der Waals surface area contributed by atoms with Gasteiger partial charge in [0.2, 0.25) is 0 Å². The Morgan fingerprint density at radius 1 is 1.46 bits per heavy atom. The Hall–Kier alpha value is -0.480. The van der Waals surface area contributed by atoms with Crippen molar-refractivity contribution >= 4 is 11.3 Å². The van der Waals surface area contributed by atoms with Crippen molar-refractivity contribution in [3.8, 4) is 0 Å². The SMILES string of the molecule is CCNC(c1ccc(C)s1)C(F)F. The van der Waals surface area contributed by atoms with Gasteiger partial charge in [-0.3, -0.25) is 0 Å². The average Bonchev–Trinajstić information content (AvgIpc) is 2.46. The van der Waals surface area contributed by atoms with Crippen molar-refractivity contribution in [3.05, 3.63) is 21.9 Å². The maximum atomic E-state index is 12.5. The van der Waals surface area contributed by atoms with Gasteiger partial charge in [0.1, 0.15) is 6.04 Å². The molecule has 1 rings (SSSR count). The highest BCUT2D eigenvalue weighted by Gasteiger charge is 2.22. The molecule has 74 valence electrons. The van der Waals surface area contributed by atoms with E-state index in [4.69, 9.17) is 0 Å². The van der Waals surface area contributed by atoms with Crippen molar-refractivity contribution in [2.24, 2.45) is 0 Å². The maximum absolute atomic E-state index is 12.5. The molecule has 0 fully saturated rings. The van der Waals surface area contributed by atoms with E-state index in [1.807, 2.05) is 19.9 Å². The van der Waals surface area contributed by atoms with Gasteiger partial charge < -0.3 is 5.32 Å². The van der Waals surface area contributed by atoms with E-state index in [9.17, 15) is 8.78 Å². The largest absolute Gasteiger partial charge is 0.305 e. The van der Waals surface area contributed by atoms with E-state index in [0.29, 0.717) is 11.4 Å². The lowest BCUT2D eigenvalue weighted by molar-refractivity contribution is 0.101. The van der Waals surface area contributed by atoms with E-state index in [-0.39, 0.29) is 0 Å². The van der Waals surface area contributed by atoms with Crippen LogP contribution in [0.1, 0.15) is 22.7 Å². The fourth-order valence-corrected chi connectivity index (χ4v) is 2.11. The van der Waals surface area contributed by atoms with Crippen LogP contribution in [-0.4, -0.2) is 13.0 Å². The third-order valence-electron chi connectivity index (χ3n) is 1.74. The van der Waals surface area contributed by atoms with Crippen LogP contribution in [0.3, 0.4) is 0 Å².